The quantitative estimate of drug-likeness (QED) is 0.406. The Balaban J connectivity index is 0.00000220. The van der Waals surface area contributed by atoms with E-state index in [1.165, 1.54) is 0 Å². The van der Waals surface area contributed by atoms with E-state index in [-0.39, 0.29) is 29.5 Å². The van der Waals surface area contributed by atoms with E-state index in [9.17, 15) is 0 Å². The fourth-order valence-corrected chi connectivity index (χ4v) is 2.51. The van der Waals surface area contributed by atoms with Gasteiger partial charge in [-0.25, -0.2) is 9.98 Å². The Kier molecular flexibility index (Phi) is 6.03. The van der Waals surface area contributed by atoms with E-state index < -0.39 is 0 Å². The third kappa shape index (κ3) is 5.14. The van der Waals surface area contributed by atoms with Crippen LogP contribution >= 0.6 is 39.9 Å². The largest absolute Gasteiger partial charge is 0.370 e. The molecular weight excluding hydrogens is 445 g/mol. The first-order chi connectivity index (χ1) is 9.24. The van der Waals surface area contributed by atoms with Crippen molar-refractivity contribution in [2.75, 3.05) is 0 Å². The Morgan fingerprint density at radius 1 is 1.43 bits per heavy atom. The van der Waals surface area contributed by atoms with Crippen LogP contribution in [0.25, 0.3) is 5.65 Å². The molecule has 0 atom stereocenters. The van der Waals surface area contributed by atoms with Crippen molar-refractivity contribution in [1.82, 2.24) is 14.7 Å². The van der Waals surface area contributed by atoms with E-state index in [0.717, 1.165) is 21.4 Å². The van der Waals surface area contributed by atoms with E-state index >= 15 is 0 Å². The van der Waals surface area contributed by atoms with E-state index in [0.29, 0.717) is 12.5 Å². The third-order valence-electron chi connectivity index (χ3n) is 2.67. The molecule has 0 saturated heterocycles. The van der Waals surface area contributed by atoms with Crippen LogP contribution in [-0.4, -0.2) is 20.9 Å². The maximum atomic E-state index is 5.85. The lowest BCUT2D eigenvalue weighted by molar-refractivity contribution is 0.508. The second kappa shape index (κ2) is 6.95. The maximum absolute atomic E-state index is 5.85. The summed E-state index contributed by atoms with van der Waals surface area (Å²) in [5.41, 5.74) is 8.72. The summed E-state index contributed by atoms with van der Waals surface area (Å²) in [6.07, 6.45) is 3.96. The summed E-state index contributed by atoms with van der Waals surface area (Å²) < 4.78 is 3.03. The molecule has 116 valence electrons. The van der Waals surface area contributed by atoms with Crippen LogP contribution in [0, 0.1) is 6.92 Å². The van der Waals surface area contributed by atoms with Gasteiger partial charge in [0.15, 0.2) is 5.96 Å². The van der Waals surface area contributed by atoms with Gasteiger partial charge in [-0.2, -0.15) is 0 Å². The van der Waals surface area contributed by atoms with Crippen molar-refractivity contribution in [3.05, 3.63) is 34.2 Å². The summed E-state index contributed by atoms with van der Waals surface area (Å²) in [6.45, 7) is 8.63. The molecule has 0 aliphatic carbocycles. The minimum Gasteiger partial charge on any atom is -0.370 e. The highest BCUT2D eigenvalue weighted by Gasteiger charge is 2.10. The van der Waals surface area contributed by atoms with Crippen LogP contribution in [-0.2, 0) is 6.54 Å². The molecule has 0 radical (unpaired) electrons. The minimum atomic E-state index is -0.0893. The molecule has 5 nitrogen and oxygen atoms in total. The molecule has 0 fully saturated rings. The van der Waals surface area contributed by atoms with E-state index in [4.69, 9.17) is 5.73 Å². The number of hydrogen-bond acceptors (Lipinski definition) is 2. The van der Waals surface area contributed by atoms with Gasteiger partial charge in [-0.3, -0.25) is 0 Å². The number of hydrogen-bond donors (Lipinski definition) is 2. The van der Waals surface area contributed by atoms with Gasteiger partial charge in [-0.05, 0) is 55.3 Å². The molecule has 0 unspecified atom stereocenters. The fraction of sp³-hybridized carbons (Fsp3) is 0.429. The first-order valence-corrected chi connectivity index (χ1v) is 7.26. The summed E-state index contributed by atoms with van der Waals surface area (Å²) in [6, 6.07) is 2.05. The molecule has 21 heavy (non-hydrogen) atoms. The van der Waals surface area contributed by atoms with E-state index in [1.807, 2.05) is 50.6 Å². The van der Waals surface area contributed by atoms with Crippen LogP contribution in [0.5, 0.6) is 0 Å². The lowest BCUT2D eigenvalue weighted by Gasteiger charge is -2.20. The van der Waals surface area contributed by atoms with Crippen molar-refractivity contribution in [2.45, 2.75) is 39.8 Å². The van der Waals surface area contributed by atoms with Crippen molar-refractivity contribution in [3.63, 3.8) is 0 Å². The average Bonchev–Trinajstić information content (AvgIpc) is 2.67. The predicted molar refractivity (Wildman–Crippen MR) is 101 cm³/mol. The van der Waals surface area contributed by atoms with Gasteiger partial charge in [0.05, 0.1) is 12.2 Å². The van der Waals surface area contributed by atoms with Gasteiger partial charge in [-0.1, -0.05) is 0 Å². The van der Waals surface area contributed by atoms with Crippen LogP contribution in [0.4, 0.5) is 0 Å². The monoisotopic (exact) mass is 465 g/mol. The van der Waals surface area contributed by atoms with Gasteiger partial charge < -0.3 is 15.5 Å². The number of rotatable bonds is 2. The number of pyridine rings is 1. The molecule has 2 aromatic rings. The second-order valence-corrected chi connectivity index (χ2v) is 6.80. The predicted octanol–water partition coefficient (Wildman–Crippen LogP) is 3.23. The normalized spacial score (nSPS) is 12.3. The lowest BCUT2D eigenvalue weighted by atomic mass is 10.1. The van der Waals surface area contributed by atoms with Crippen LogP contribution in [0.15, 0.2) is 27.9 Å². The molecule has 2 rings (SSSR count). The zero-order valence-corrected chi connectivity index (χ0v) is 16.6. The fourth-order valence-electron chi connectivity index (χ4n) is 1.94. The number of aromatic nitrogens is 2. The first kappa shape index (κ1) is 18.2. The topological polar surface area (TPSA) is 67.7 Å². The molecule has 0 aliphatic heterocycles. The van der Waals surface area contributed by atoms with Crippen molar-refractivity contribution >= 4 is 51.5 Å². The van der Waals surface area contributed by atoms with Crippen LogP contribution < -0.4 is 11.1 Å². The van der Waals surface area contributed by atoms with Gasteiger partial charge in [0.25, 0.3) is 0 Å². The molecule has 7 heteroatoms. The summed E-state index contributed by atoms with van der Waals surface area (Å²) in [5.74, 6) is 0.437. The zero-order valence-electron chi connectivity index (χ0n) is 12.6. The van der Waals surface area contributed by atoms with Crippen molar-refractivity contribution in [2.24, 2.45) is 10.7 Å². The van der Waals surface area contributed by atoms with Crippen LogP contribution in [0.1, 0.15) is 32.0 Å². The number of imidazole rings is 1. The molecule has 0 aliphatic rings. The van der Waals surface area contributed by atoms with Gasteiger partial charge >= 0.3 is 0 Å². The van der Waals surface area contributed by atoms with Crippen molar-refractivity contribution < 1.29 is 0 Å². The molecule has 2 aromatic heterocycles. The van der Waals surface area contributed by atoms with E-state index in [1.54, 1.807) is 0 Å². The number of nitrogens with zero attached hydrogens (tertiary/aromatic N) is 3. The van der Waals surface area contributed by atoms with Crippen molar-refractivity contribution in [3.8, 4) is 0 Å². The van der Waals surface area contributed by atoms with Crippen LogP contribution in [0.2, 0.25) is 0 Å². The first-order valence-electron chi connectivity index (χ1n) is 6.46. The molecule has 0 amide bonds. The Hall–Kier alpha value is -0.830. The average molecular weight is 466 g/mol. The number of guanidine groups is 1. The molecule has 3 N–H and O–H groups in total. The summed E-state index contributed by atoms with van der Waals surface area (Å²) >= 11 is 3.48. The molecule has 0 aromatic carbocycles. The second-order valence-electron chi connectivity index (χ2n) is 5.88. The number of nitrogens with two attached hydrogens (primary N) is 1. The van der Waals surface area contributed by atoms with Crippen molar-refractivity contribution in [1.29, 1.82) is 0 Å². The molecule has 0 saturated carbocycles. The third-order valence-corrected chi connectivity index (χ3v) is 3.10. The number of aliphatic imine (C=N–C) groups is 1. The minimum absolute atomic E-state index is 0. The summed E-state index contributed by atoms with van der Waals surface area (Å²) in [7, 11) is 0. The molecule has 0 bridgehead atoms. The molecule has 0 spiro atoms. The summed E-state index contributed by atoms with van der Waals surface area (Å²) in [5, 5.41) is 3.13. The highest BCUT2D eigenvalue weighted by atomic mass is 127. The zero-order chi connectivity index (χ0) is 14.9. The Labute approximate surface area is 150 Å². The van der Waals surface area contributed by atoms with Gasteiger partial charge in [0.1, 0.15) is 5.65 Å². The van der Waals surface area contributed by atoms with Crippen LogP contribution in [0.3, 0.4) is 0 Å². The van der Waals surface area contributed by atoms with Gasteiger partial charge in [-0.15, -0.1) is 24.0 Å². The number of nitrogens with one attached hydrogen (secondary N) is 1. The highest BCUT2D eigenvalue weighted by molar-refractivity contribution is 14.0. The van der Waals surface area contributed by atoms with E-state index in [2.05, 4.69) is 31.2 Å². The van der Waals surface area contributed by atoms with Gasteiger partial charge in [0, 0.05) is 22.4 Å². The SMILES string of the molecule is Cc1cc(Br)cn2cc(CN=C(N)NC(C)(C)C)nc12.I. The Bertz CT molecular complexity index is 657. The maximum Gasteiger partial charge on any atom is 0.189 e. The number of fused-ring (bicyclic) bond motifs is 1. The highest BCUT2D eigenvalue weighted by Crippen LogP contribution is 2.17. The molecule has 2 heterocycles. The molecular formula is C14H21BrIN5. The smallest absolute Gasteiger partial charge is 0.189 e. The number of halogens is 2. The lowest BCUT2D eigenvalue weighted by Crippen LogP contribution is -2.44. The standard InChI is InChI=1S/C14H20BrN5.HI/c1-9-5-10(15)7-20-8-11(18-12(9)20)6-17-13(16)19-14(2,3)4;/h5,7-8H,6H2,1-4H3,(H3,16,17,19);1H. The van der Waals surface area contributed by atoms with Gasteiger partial charge in [0.2, 0.25) is 0 Å². The number of aryl methyl sites for hydroxylation is 1. The Morgan fingerprint density at radius 3 is 2.71 bits per heavy atom. The Morgan fingerprint density at radius 2 is 2.10 bits per heavy atom. The summed E-state index contributed by atoms with van der Waals surface area (Å²) in [4.78, 5) is 8.90.